The molecule has 20 heavy (non-hydrogen) atoms. The van der Waals surface area contributed by atoms with Gasteiger partial charge in [-0.05, 0) is 36.3 Å². The topological polar surface area (TPSA) is 53.2 Å². The fraction of sp³-hybridized carbons (Fsp3) is 0.118. The van der Waals surface area contributed by atoms with E-state index in [-0.39, 0.29) is 5.75 Å². The SMILES string of the molecule is COc1cc(/C=C(/C#N)c2ccc(C)cc2)ccc1O. The second kappa shape index (κ2) is 5.94. The Labute approximate surface area is 118 Å². The minimum atomic E-state index is 0.0819. The third kappa shape index (κ3) is 2.99. The molecule has 0 spiro atoms. The van der Waals surface area contributed by atoms with E-state index in [0.29, 0.717) is 11.3 Å². The van der Waals surface area contributed by atoms with Crippen molar-refractivity contribution in [2.24, 2.45) is 0 Å². The molecule has 0 saturated heterocycles. The lowest BCUT2D eigenvalue weighted by Crippen LogP contribution is -1.86. The van der Waals surface area contributed by atoms with Crippen LogP contribution in [0.1, 0.15) is 16.7 Å². The van der Waals surface area contributed by atoms with Gasteiger partial charge in [-0.2, -0.15) is 5.26 Å². The Morgan fingerprint density at radius 1 is 1.20 bits per heavy atom. The van der Waals surface area contributed by atoms with Crippen LogP contribution in [-0.4, -0.2) is 12.2 Å². The quantitative estimate of drug-likeness (QED) is 0.678. The molecular formula is C17H15NO2. The number of aromatic hydroxyl groups is 1. The Morgan fingerprint density at radius 2 is 1.90 bits per heavy atom. The van der Waals surface area contributed by atoms with Crippen molar-refractivity contribution in [1.29, 1.82) is 5.26 Å². The van der Waals surface area contributed by atoms with E-state index in [9.17, 15) is 10.4 Å². The molecule has 0 bridgehead atoms. The molecule has 0 radical (unpaired) electrons. The molecule has 2 aromatic carbocycles. The van der Waals surface area contributed by atoms with Gasteiger partial charge in [0.1, 0.15) is 0 Å². The standard InChI is InChI=1S/C17H15NO2/c1-12-3-6-14(7-4-12)15(11-18)9-13-5-8-16(19)17(10-13)20-2/h3-10,19H,1-2H3/b15-9-. The Kier molecular flexibility index (Phi) is 4.07. The zero-order valence-corrected chi connectivity index (χ0v) is 11.4. The number of hydrogen-bond acceptors (Lipinski definition) is 3. The molecule has 0 heterocycles. The van der Waals surface area contributed by atoms with Gasteiger partial charge in [0.25, 0.3) is 0 Å². The zero-order valence-electron chi connectivity index (χ0n) is 11.4. The summed E-state index contributed by atoms with van der Waals surface area (Å²) in [5.74, 6) is 0.471. The number of nitriles is 1. The van der Waals surface area contributed by atoms with Gasteiger partial charge in [0.05, 0.1) is 18.8 Å². The second-order valence-corrected chi connectivity index (χ2v) is 4.47. The summed E-state index contributed by atoms with van der Waals surface area (Å²) in [7, 11) is 1.49. The molecule has 0 saturated carbocycles. The van der Waals surface area contributed by atoms with Crippen molar-refractivity contribution in [3.63, 3.8) is 0 Å². The van der Waals surface area contributed by atoms with Crippen molar-refractivity contribution in [2.75, 3.05) is 7.11 Å². The molecular weight excluding hydrogens is 250 g/mol. The molecule has 0 aliphatic heterocycles. The van der Waals surface area contributed by atoms with Crippen LogP contribution in [0.2, 0.25) is 0 Å². The first-order valence-electron chi connectivity index (χ1n) is 6.20. The number of phenols is 1. The number of allylic oxidation sites excluding steroid dienone is 1. The van der Waals surface area contributed by atoms with Crippen LogP contribution < -0.4 is 4.74 Å². The Bertz CT molecular complexity index is 679. The van der Waals surface area contributed by atoms with Crippen molar-refractivity contribution in [3.8, 4) is 17.6 Å². The highest BCUT2D eigenvalue weighted by molar-refractivity contribution is 5.89. The van der Waals surface area contributed by atoms with E-state index in [1.54, 1.807) is 24.3 Å². The van der Waals surface area contributed by atoms with Crippen LogP contribution in [0.5, 0.6) is 11.5 Å². The Hall–Kier alpha value is -2.73. The number of aryl methyl sites for hydroxylation is 1. The van der Waals surface area contributed by atoms with Crippen molar-refractivity contribution in [2.45, 2.75) is 6.92 Å². The summed E-state index contributed by atoms with van der Waals surface area (Å²) < 4.78 is 5.06. The molecule has 0 atom stereocenters. The van der Waals surface area contributed by atoms with Crippen molar-refractivity contribution in [3.05, 3.63) is 59.2 Å². The summed E-state index contributed by atoms with van der Waals surface area (Å²) in [6.07, 6.45) is 1.77. The van der Waals surface area contributed by atoms with E-state index in [0.717, 1.165) is 16.7 Å². The lowest BCUT2D eigenvalue weighted by Gasteiger charge is -2.05. The van der Waals surface area contributed by atoms with Gasteiger partial charge < -0.3 is 9.84 Å². The second-order valence-electron chi connectivity index (χ2n) is 4.47. The molecule has 2 aromatic rings. The summed E-state index contributed by atoms with van der Waals surface area (Å²) >= 11 is 0. The number of benzene rings is 2. The highest BCUT2D eigenvalue weighted by Gasteiger charge is 2.04. The molecule has 3 nitrogen and oxygen atoms in total. The van der Waals surface area contributed by atoms with E-state index in [4.69, 9.17) is 4.74 Å². The van der Waals surface area contributed by atoms with E-state index < -0.39 is 0 Å². The molecule has 100 valence electrons. The summed E-state index contributed by atoms with van der Waals surface area (Å²) in [6.45, 7) is 2.00. The smallest absolute Gasteiger partial charge is 0.161 e. The van der Waals surface area contributed by atoms with Gasteiger partial charge in [0.15, 0.2) is 11.5 Å². The van der Waals surface area contributed by atoms with Gasteiger partial charge in [-0.3, -0.25) is 0 Å². The van der Waals surface area contributed by atoms with Crippen molar-refractivity contribution in [1.82, 2.24) is 0 Å². The predicted octanol–water partition coefficient (Wildman–Crippen LogP) is 3.77. The van der Waals surface area contributed by atoms with Gasteiger partial charge in [-0.1, -0.05) is 35.9 Å². The van der Waals surface area contributed by atoms with Crippen LogP contribution in [0.15, 0.2) is 42.5 Å². The van der Waals surface area contributed by atoms with Crippen LogP contribution in [0.4, 0.5) is 0 Å². The van der Waals surface area contributed by atoms with Gasteiger partial charge in [0, 0.05) is 0 Å². The lowest BCUT2D eigenvalue weighted by atomic mass is 10.0. The van der Waals surface area contributed by atoms with E-state index in [2.05, 4.69) is 6.07 Å². The number of methoxy groups -OCH3 is 1. The average molecular weight is 265 g/mol. The van der Waals surface area contributed by atoms with Gasteiger partial charge >= 0.3 is 0 Å². The largest absolute Gasteiger partial charge is 0.504 e. The molecule has 3 heteroatoms. The Morgan fingerprint density at radius 3 is 2.50 bits per heavy atom. The Balaban J connectivity index is 2.41. The number of hydrogen-bond donors (Lipinski definition) is 1. The molecule has 0 aliphatic carbocycles. The van der Waals surface area contributed by atoms with E-state index in [1.807, 2.05) is 31.2 Å². The van der Waals surface area contributed by atoms with E-state index >= 15 is 0 Å². The predicted molar refractivity (Wildman–Crippen MR) is 79.3 cm³/mol. The summed E-state index contributed by atoms with van der Waals surface area (Å²) in [5.41, 5.74) is 3.39. The summed E-state index contributed by atoms with van der Waals surface area (Å²) in [6, 6.07) is 15.0. The van der Waals surface area contributed by atoms with Crippen molar-refractivity contribution < 1.29 is 9.84 Å². The van der Waals surface area contributed by atoms with Crippen LogP contribution >= 0.6 is 0 Å². The summed E-state index contributed by atoms with van der Waals surface area (Å²) in [4.78, 5) is 0. The maximum atomic E-state index is 9.56. The summed E-state index contributed by atoms with van der Waals surface area (Å²) in [5, 5.41) is 18.9. The molecule has 0 unspecified atom stereocenters. The molecule has 0 amide bonds. The third-order valence-corrected chi connectivity index (χ3v) is 3.00. The van der Waals surface area contributed by atoms with E-state index in [1.165, 1.54) is 7.11 Å². The van der Waals surface area contributed by atoms with Crippen LogP contribution in [0, 0.1) is 18.3 Å². The molecule has 1 N–H and O–H groups in total. The highest BCUT2D eigenvalue weighted by atomic mass is 16.5. The van der Waals surface area contributed by atoms with Gasteiger partial charge in [-0.25, -0.2) is 0 Å². The molecule has 0 aromatic heterocycles. The van der Waals surface area contributed by atoms with Gasteiger partial charge in [0.2, 0.25) is 0 Å². The maximum absolute atomic E-state index is 9.56. The fourth-order valence-corrected chi connectivity index (χ4v) is 1.86. The minimum Gasteiger partial charge on any atom is -0.504 e. The first-order valence-corrected chi connectivity index (χ1v) is 6.20. The van der Waals surface area contributed by atoms with Crippen LogP contribution in [0.3, 0.4) is 0 Å². The molecule has 0 fully saturated rings. The molecule has 2 rings (SSSR count). The normalized spacial score (nSPS) is 10.9. The van der Waals surface area contributed by atoms with Gasteiger partial charge in [-0.15, -0.1) is 0 Å². The number of ether oxygens (including phenoxy) is 1. The molecule has 0 aliphatic rings. The third-order valence-electron chi connectivity index (χ3n) is 3.00. The van der Waals surface area contributed by atoms with Crippen LogP contribution in [-0.2, 0) is 0 Å². The maximum Gasteiger partial charge on any atom is 0.161 e. The first kappa shape index (κ1) is 13.7. The monoisotopic (exact) mass is 265 g/mol. The highest BCUT2D eigenvalue weighted by Crippen LogP contribution is 2.28. The first-order chi connectivity index (χ1) is 9.63. The number of phenolic OH excluding ortho intramolecular Hbond substituents is 1. The lowest BCUT2D eigenvalue weighted by molar-refractivity contribution is 0.373. The van der Waals surface area contributed by atoms with Crippen molar-refractivity contribution >= 4 is 11.6 Å². The zero-order chi connectivity index (χ0) is 14.5. The average Bonchev–Trinajstić information content (AvgIpc) is 2.47. The number of rotatable bonds is 3. The van der Waals surface area contributed by atoms with Crippen LogP contribution in [0.25, 0.3) is 11.6 Å². The fourth-order valence-electron chi connectivity index (χ4n) is 1.86. The minimum absolute atomic E-state index is 0.0819. The number of nitrogens with zero attached hydrogens (tertiary/aromatic N) is 1.